The minimum atomic E-state index is -3.77. The van der Waals surface area contributed by atoms with E-state index in [1.165, 1.54) is 13.0 Å². The number of amides is 2. The SMILES string of the molecule is CC(=O)N1CCc2cc(S(=O)(=O)NCC(=O)NCC(C)C)ccc21. The summed E-state index contributed by atoms with van der Waals surface area (Å²) in [5.74, 6) is -0.132. The molecule has 0 unspecified atom stereocenters. The van der Waals surface area contributed by atoms with Crippen molar-refractivity contribution >= 4 is 27.5 Å². The molecule has 0 fully saturated rings. The molecule has 0 atom stereocenters. The molecule has 0 aliphatic carbocycles. The maximum absolute atomic E-state index is 12.3. The molecule has 8 heteroatoms. The van der Waals surface area contributed by atoms with Crippen molar-refractivity contribution in [2.45, 2.75) is 32.1 Å². The van der Waals surface area contributed by atoms with Crippen LogP contribution in [0.3, 0.4) is 0 Å². The van der Waals surface area contributed by atoms with Crippen LogP contribution in [0, 0.1) is 5.92 Å². The summed E-state index contributed by atoms with van der Waals surface area (Å²) in [6.45, 7) is 6.15. The molecule has 2 amide bonds. The molecule has 2 rings (SSSR count). The zero-order valence-electron chi connectivity index (χ0n) is 14.1. The minimum absolute atomic E-state index is 0.0655. The molecule has 24 heavy (non-hydrogen) atoms. The van der Waals surface area contributed by atoms with E-state index in [1.807, 2.05) is 13.8 Å². The van der Waals surface area contributed by atoms with Crippen molar-refractivity contribution in [3.05, 3.63) is 23.8 Å². The van der Waals surface area contributed by atoms with Gasteiger partial charge in [0.15, 0.2) is 0 Å². The molecule has 1 aromatic rings. The second-order valence-electron chi connectivity index (χ2n) is 6.23. The lowest BCUT2D eigenvalue weighted by molar-refractivity contribution is -0.120. The Hall–Kier alpha value is -1.93. The summed E-state index contributed by atoms with van der Waals surface area (Å²) in [5.41, 5.74) is 1.56. The highest BCUT2D eigenvalue weighted by Gasteiger charge is 2.24. The first-order valence-corrected chi connectivity index (χ1v) is 9.36. The molecule has 132 valence electrons. The predicted molar refractivity (Wildman–Crippen MR) is 91.2 cm³/mol. The molecule has 1 aliphatic heterocycles. The van der Waals surface area contributed by atoms with Crippen molar-refractivity contribution < 1.29 is 18.0 Å². The fourth-order valence-corrected chi connectivity index (χ4v) is 3.53. The Kier molecular flexibility index (Phi) is 5.61. The van der Waals surface area contributed by atoms with Gasteiger partial charge in [-0.05, 0) is 36.1 Å². The van der Waals surface area contributed by atoms with Crippen LogP contribution in [-0.4, -0.2) is 39.9 Å². The van der Waals surface area contributed by atoms with E-state index in [0.29, 0.717) is 25.4 Å². The number of rotatable bonds is 6. The average Bonchev–Trinajstić information content (AvgIpc) is 2.94. The second kappa shape index (κ2) is 7.31. The Balaban J connectivity index is 2.05. The van der Waals surface area contributed by atoms with Crippen LogP contribution in [0.5, 0.6) is 0 Å². The zero-order valence-corrected chi connectivity index (χ0v) is 14.9. The van der Waals surface area contributed by atoms with E-state index >= 15 is 0 Å². The van der Waals surface area contributed by atoms with E-state index in [4.69, 9.17) is 0 Å². The van der Waals surface area contributed by atoms with Crippen LogP contribution in [0.2, 0.25) is 0 Å². The number of hydrogen-bond acceptors (Lipinski definition) is 4. The lowest BCUT2D eigenvalue weighted by atomic mass is 10.2. The van der Waals surface area contributed by atoms with Gasteiger partial charge in [0.1, 0.15) is 0 Å². The number of sulfonamides is 1. The predicted octanol–water partition coefficient (Wildman–Crippen LogP) is 0.646. The summed E-state index contributed by atoms with van der Waals surface area (Å²) in [5, 5.41) is 2.66. The number of hydrogen-bond donors (Lipinski definition) is 2. The van der Waals surface area contributed by atoms with Crippen molar-refractivity contribution in [1.29, 1.82) is 0 Å². The Labute approximate surface area is 142 Å². The first kappa shape index (κ1) is 18.4. The van der Waals surface area contributed by atoms with Crippen LogP contribution in [0.15, 0.2) is 23.1 Å². The molecule has 7 nitrogen and oxygen atoms in total. The van der Waals surface area contributed by atoms with Crippen LogP contribution in [0.25, 0.3) is 0 Å². The van der Waals surface area contributed by atoms with E-state index in [0.717, 1.165) is 11.3 Å². The average molecular weight is 353 g/mol. The quantitative estimate of drug-likeness (QED) is 0.785. The molecular weight excluding hydrogens is 330 g/mol. The molecule has 0 saturated heterocycles. The van der Waals surface area contributed by atoms with Crippen molar-refractivity contribution in [2.75, 3.05) is 24.5 Å². The molecule has 1 aliphatic rings. The van der Waals surface area contributed by atoms with Gasteiger partial charge in [-0.2, -0.15) is 0 Å². The molecule has 0 aromatic heterocycles. The number of nitrogens with one attached hydrogen (secondary N) is 2. The Morgan fingerprint density at radius 2 is 2.00 bits per heavy atom. The summed E-state index contributed by atoms with van der Waals surface area (Å²) >= 11 is 0. The first-order valence-electron chi connectivity index (χ1n) is 7.88. The van der Waals surface area contributed by atoms with Crippen molar-refractivity contribution in [2.24, 2.45) is 5.92 Å². The number of benzene rings is 1. The largest absolute Gasteiger partial charge is 0.355 e. The van der Waals surface area contributed by atoms with Crippen molar-refractivity contribution in [1.82, 2.24) is 10.0 Å². The van der Waals surface area contributed by atoms with Gasteiger partial charge in [0.2, 0.25) is 21.8 Å². The highest BCUT2D eigenvalue weighted by atomic mass is 32.2. The number of carbonyl (C=O) groups is 2. The van der Waals surface area contributed by atoms with Gasteiger partial charge < -0.3 is 10.2 Å². The van der Waals surface area contributed by atoms with Gasteiger partial charge in [-0.25, -0.2) is 13.1 Å². The third-order valence-electron chi connectivity index (χ3n) is 3.77. The number of carbonyl (C=O) groups excluding carboxylic acids is 2. The van der Waals surface area contributed by atoms with Crippen LogP contribution >= 0.6 is 0 Å². The molecule has 1 heterocycles. The van der Waals surface area contributed by atoms with E-state index in [9.17, 15) is 18.0 Å². The highest BCUT2D eigenvalue weighted by Crippen LogP contribution is 2.30. The first-order chi connectivity index (χ1) is 11.2. The fourth-order valence-electron chi connectivity index (χ4n) is 2.50. The maximum atomic E-state index is 12.3. The van der Waals surface area contributed by atoms with E-state index in [2.05, 4.69) is 10.0 Å². The summed E-state index contributed by atoms with van der Waals surface area (Å²) in [7, 11) is -3.77. The molecular formula is C16H23N3O4S. The smallest absolute Gasteiger partial charge is 0.241 e. The van der Waals surface area contributed by atoms with Crippen LogP contribution in [0.4, 0.5) is 5.69 Å². The number of nitrogens with zero attached hydrogens (tertiary/aromatic N) is 1. The van der Waals surface area contributed by atoms with Crippen molar-refractivity contribution in [3.8, 4) is 0 Å². The molecule has 1 aromatic carbocycles. The molecule has 0 saturated carbocycles. The van der Waals surface area contributed by atoms with Gasteiger partial charge in [0.05, 0.1) is 11.4 Å². The highest BCUT2D eigenvalue weighted by molar-refractivity contribution is 7.89. The van der Waals surface area contributed by atoms with E-state index < -0.39 is 10.0 Å². The van der Waals surface area contributed by atoms with Gasteiger partial charge in [-0.1, -0.05) is 13.8 Å². The summed E-state index contributed by atoms with van der Waals surface area (Å²) in [6, 6.07) is 4.65. The lowest BCUT2D eigenvalue weighted by Crippen LogP contribution is -2.38. The lowest BCUT2D eigenvalue weighted by Gasteiger charge is -2.15. The van der Waals surface area contributed by atoms with E-state index in [1.54, 1.807) is 17.0 Å². The zero-order chi connectivity index (χ0) is 17.9. The van der Waals surface area contributed by atoms with Crippen LogP contribution in [0.1, 0.15) is 26.3 Å². The van der Waals surface area contributed by atoms with E-state index in [-0.39, 0.29) is 23.3 Å². The van der Waals surface area contributed by atoms with Crippen LogP contribution in [-0.2, 0) is 26.0 Å². The summed E-state index contributed by atoms with van der Waals surface area (Å²) in [6.07, 6.45) is 0.618. The van der Waals surface area contributed by atoms with Gasteiger partial charge in [-0.3, -0.25) is 9.59 Å². The Morgan fingerprint density at radius 3 is 2.62 bits per heavy atom. The normalized spacial score (nSPS) is 13.9. The monoisotopic (exact) mass is 353 g/mol. The maximum Gasteiger partial charge on any atom is 0.241 e. The number of fused-ring (bicyclic) bond motifs is 1. The topological polar surface area (TPSA) is 95.6 Å². The Morgan fingerprint density at radius 1 is 1.29 bits per heavy atom. The van der Waals surface area contributed by atoms with Gasteiger partial charge >= 0.3 is 0 Å². The standard InChI is InChI=1S/C16H23N3O4S/c1-11(2)9-17-16(21)10-18-24(22,23)14-4-5-15-13(8-14)6-7-19(15)12(3)20/h4-5,8,11,18H,6-7,9-10H2,1-3H3,(H,17,21). The van der Waals surface area contributed by atoms with Crippen LogP contribution < -0.4 is 14.9 Å². The molecule has 0 bridgehead atoms. The number of anilines is 1. The summed E-state index contributed by atoms with van der Waals surface area (Å²) < 4.78 is 26.9. The third-order valence-corrected chi connectivity index (χ3v) is 5.17. The molecule has 2 N–H and O–H groups in total. The Bertz CT molecular complexity index is 744. The van der Waals surface area contributed by atoms with Gasteiger partial charge in [0, 0.05) is 25.7 Å². The second-order valence-corrected chi connectivity index (χ2v) is 8.00. The minimum Gasteiger partial charge on any atom is -0.355 e. The fraction of sp³-hybridized carbons (Fsp3) is 0.500. The van der Waals surface area contributed by atoms with Crippen molar-refractivity contribution in [3.63, 3.8) is 0 Å². The summed E-state index contributed by atoms with van der Waals surface area (Å²) in [4.78, 5) is 24.9. The van der Waals surface area contributed by atoms with Gasteiger partial charge in [-0.15, -0.1) is 0 Å². The molecule has 0 radical (unpaired) electrons. The third kappa shape index (κ3) is 4.33. The van der Waals surface area contributed by atoms with Gasteiger partial charge in [0.25, 0.3) is 0 Å². The molecule has 0 spiro atoms.